The summed E-state index contributed by atoms with van der Waals surface area (Å²) in [4.78, 5) is 24.9. The third-order valence-electron chi connectivity index (χ3n) is 6.73. The number of amides is 1. The Bertz CT molecular complexity index is 1010. The molecule has 0 spiro atoms. The fraction of sp³-hybridized carbons (Fsp3) is 0.619. The van der Waals surface area contributed by atoms with Crippen molar-refractivity contribution in [3.8, 4) is 0 Å². The predicted octanol–water partition coefficient (Wildman–Crippen LogP) is 3.65. The molecule has 2 atom stereocenters. The molecule has 7 nitrogen and oxygen atoms in total. The fourth-order valence-corrected chi connectivity index (χ4v) is 7.93. The van der Waals surface area contributed by atoms with Crippen LogP contribution in [0.5, 0.6) is 0 Å². The first-order chi connectivity index (χ1) is 14.4. The highest BCUT2D eigenvalue weighted by molar-refractivity contribution is 7.89. The number of benzene rings is 1. The number of carbonyl (C=O) groups excluding carboxylic acids is 2. The molecule has 31 heavy (non-hydrogen) atoms. The molecule has 5 rings (SSSR count). The van der Waals surface area contributed by atoms with E-state index in [1.165, 1.54) is 32.3 Å². The van der Waals surface area contributed by atoms with Crippen LogP contribution in [0.25, 0.3) is 0 Å². The maximum absolute atomic E-state index is 12.9. The molecule has 10 heteroatoms. The van der Waals surface area contributed by atoms with Gasteiger partial charge in [-0.25, -0.2) is 12.7 Å². The van der Waals surface area contributed by atoms with Crippen LogP contribution in [-0.2, 0) is 24.3 Å². The zero-order valence-corrected chi connectivity index (χ0v) is 19.8. The van der Waals surface area contributed by atoms with Crippen LogP contribution in [0.2, 0.25) is 5.02 Å². The highest BCUT2D eigenvalue weighted by atomic mass is 35.5. The Morgan fingerprint density at radius 3 is 2.42 bits per heavy atom. The van der Waals surface area contributed by atoms with Gasteiger partial charge in [0.15, 0.2) is 6.61 Å². The maximum Gasteiger partial charge on any atom is 0.312 e. The molecule has 4 fully saturated rings. The molecule has 1 aromatic carbocycles. The summed E-state index contributed by atoms with van der Waals surface area (Å²) < 4.78 is 31.2. The molecule has 170 valence electrons. The van der Waals surface area contributed by atoms with Crippen molar-refractivity contribution in [2.24, 2.45) is 17.3 Å². The molecule has 4 aliphatic rings. The minimum atomic E-state index is -3.77. The van der Waals surface area contributed by atoms with Crippen molar-refractivity contribution in [2.75, 3.05) is 26.0 Å². The average Bonchev–Trinajstić information content (AvgIpc) is 2.65. The molecular formula is C21H26Cl2N2O5S. The van der Waals surface area contributed by atoms with E-state index in [1.807, 2.05) is 0 Å². The number of sulfonamides is 1. The normalized spacial score (nSPS) is 31.6. The van der Waals surface area contributed by atoms with Gasteiger partial charge in [-0.2, -0.15) is 0 Å². The minimum Gasteiger partial charge on any atom is -0.455 e. The Labute approximate surface area is 192 Å². The SMILES string of the molecule is CN(C)S(=O)(=O)c1cc(NC(=O)COC(=O)C23CC4CC(CC(Cl)(C4)C2)C3)ccc1Cl. The van der Waals surface area contributed by atoms with Gasteiger partial charge in [-0.1, -0.05) is 11.6 Å². The number of alkyl halides is 1. The summed E-state index contributed by atoms with van der Waals surface area (Å²) in [5, 5.41) is 2.62. The number of carbonyl (C=O) groups is 2. The average molecular weight is 489 g/mol. The lowest BCUT2D eigenvalue weighted by Crippen LogP contribution is -2.56. The predicted molar refractivity (Wildman–Crippen MR) is 118 cm³/mol. The molecule has 0 radical (unpaired) electrons. The Hall–Kier alpha value is -1.35. The number of anilines is 1. The van der Waals surface area contributed by atoms with Crippen molar-refractivity contribution in [3.05, 3.63) is 23.2 Å². The van der Waals surface area contributed by atoms with E-state index in [2.05, 4.69) is 5.32 Å². The summed E-state index contributed by atoms with van der Waals surface area (Å²) in [5.41, 5.74) is -0.334. The summed E-state index contributed by atoms with van der Waals surface area (Å²) in [7, 11) is -0.982. The van der Waals surface area contributed by atoms with Crippen molar-refractivity contribution in [1.82, 2.24) is 4.31 Å². The largest absolute Gasteiger partial charge is 0.455 e. The van der Waals surface area contributed by atoms with Gasteiger partial charge in [0, 0.05) is 24.7 Å². The first-order valence-corrected chi connectivity index (χ1v) is 12.5. The molecule has 1 N–H and O–H groups in total. The van der Waals surface area contributed by atoms with E-state index in [9.17, 15) is 18.0 Å². The highest BCUT2D eigenvalue weighted by Gasteiger charge is 2.60. The molecule has 0 aromatic heterocycles. The van der Waals surface area contributed by atoms with E-state index in [1.54, 1.807) is 0 Å². The standard InChI is InChI=1S/C21H26Cl2N2O5S/c1-25(2)31(28,29)17-6-15(3-4-16(17)22)24-18(26)11-30-19(27)20-7-13-5-14(8-20)10-21(23,9-13)12-20/h3-4,6,13-14H,5,7-12H2,1-2H3,(H,24,26). The number of hydrogen-bond donors (Lipinski definition) is 1. The summed E-state index contributed by atoms with van der Waals surface area (Å²) in [6.07, 6.45) is 5.20. The number of nitrogens with one attached hydrogen (secondary N) is 1. The van der Waals surface area contributed by atoms with Crippen LogP contribution in [0.4, 0.5) is 5.69 Å². The van der Waals surface area contributed by atoms with Crippen LogP contribution in [0, 0.1) is 17.3 Å². The Morgan fingerprint density at radius 2 is 1.84 bits per heavy atom. The third-order valence-corrected chi connectivity index (χ3v) is 9.47. The lowest BCUT2D eigenvalue weighted by atomic mass is 9.49. The van der Waals surface area contributed by atoms with Crippen molar-refractivity contribution in [2.45, 2.75) is 48.3 Å². The summed E-state index contributed by atoms with van der Waals surface area (Å²) in [5.74, 6) is 0.000431. The van der Waals surface area contributed by atoms with Crippen LogP contribution in [0.3, 0.4) is 0 Å². The topological polar surface area (TPSA) is 92.8 Å². The number of esters is 1. The van der Waals surface area contributed by atoms with Crippen LogP contribution >= 0.6 is 23.2 Å². The second-order valence-corrected chi connectivity index (χ2v) is 12.8. The smallest absolute Gasteiger partial charge is 0.312 e. The number of halogens is 2. The van der Waals surface area contributed by atoms with Crippen LogP contribution in [0.15, 0.2) is 23.1 Å². The van der Waals surface area contributed by atoms with Gasteiger partial charge in [-0.05, 0) is 68.6 Å². The Kier molecular flexibility index (Phi) is 5.82. The zero-order valence-electron chi connectivity index (χ0n) is 17.5. The van der Waals surface area contributed by atoms with Crippen LogP contribution in [0.1, 0.15) is 38.5 Å². The molecule has 0 saturated heterocycles. The second-order valence-electron chi connectivity index (χ2n) is 9.45. The first-order valence-electron chi connectivity index (χ1n) is 10.3. The molecule has 4 aliphatic carbocycles. The molecule has 1 amide bonds. The summed E-state index contributed by atoms with van der Waals surface area (Å²) in [6, 6.07) is 4.18. The van der Waals surface area contributed by atoms with Gasteiger partial charge in [0.05, 0.1) is 10.4 Å². The van der Waals surface area contributed by atoms with E-state index >= 15 is 0 Å². The highest BCUT2D eigenvalue weighted by Crippen LogP contribution is 2.64. The lowest BCUT2D eigenvalue weighted by Gasteiger charge is -2.58. The number of hydrogen-bond acceptors (Lipinski definition) is 5. The molecule has 0 heterocycles. The second kappa shape index (κ2) is 7.90. The number of nitrogens with zero attached hydrogens (tertiary/aromatic N) is 1. The van der Waals surface area contributed by atoms with Gasteiger partial charge in [0.25, 0.3) is 5.91 Å². The molecule has 4 bridgehead atoms. The van der Waals surface area contributed by atoms with E-state index in [0.29, 0.717) is 18.3 Å². The number of rotatable bonds is 6. The number of ether oxygens (including phenoxy) is 1. The maximum atomic E-state index is 12.9. The van der Waals surface area contributed by atoms with E-state index in [4.69, 9.17) is 27.9 Å². The van der Waals surface area contributed by atoms with Crippen molar-refractivity contribution in [1.29, 1.82) is 0 Å². The Balaban J connectivity index is 1.40. The van der Waals surface area contributed by atoms with Gasteiger partial charge in [-0.15, -0.1) is 11.6 Å². The van der Waals surface area contributed by atoms with Gasteiger partial charge >= 0.3 is 5.97 Å². The van der Waals surface area contributed by atoms with Crippen molar-refractivity contribution in [3.63, 3.8) is 0 Å². The summed E-state index contributed by atoms with van der Waals surface area (Å²) >= 11 is 12.8. The van der Waals surface area contributed by atoms with E-state index < -0.39 is 28.0 Å². The van der Waals surface area contributed by atoms with Gasteiger partial charge in [-0.3, -0.25) is 9.59 Å². The minimum absolute atomic E-state index is 0.0509. The van der Waals surface area contributed by atoms with E-state index in [-0.39, 0.29) is 26.4 Å². The van der Waals surface area contributed by atoms with Crippen molar-refractivity contribution < 1.29 is 22.7 Å². The van der Waals surface area contributed by atoms with Gasteiger partial charge in [0.1, 0.15) is 4.90 Å². The monoisotopic (exact) mass is 488 g/mol. The fourth-order valence-electron chi connectivity index (χ4n) is 5.85. The van der Waals surface area contributed by atoms with Crippen LogP contribution < -0.4 is 5.32 Å². The third kappa shape index (κ3) is 4.32. The molecule has 0 aliphatic heterocycles. The quantitative estimate of drug-likeness (QED) is 0.487. The Morgan fingerprint density at radius 1 is 1.19 bits per heavy atom. The lowest BCUT2D eigenvalue weighted by molar-refractivity contribution is -0.171. The molecule has 1 aromatic rings. The molecule has 4 saturated carbocycles. The van der Waals surface area contributed by atoms with Crippen molar-refractivity contribution >= 4 is 50.8 Å². The van der Waals surface area contributed by atoms with Crippen LogP contribution in [-0.4, -0.2) is 50.2 Å². The zero-order chi connectivity index (χ0) is 22.6. The summed E-state index contributed by atoms with van der Waals surface area (Å²) in [6.45, 7) is -0.441. The van der Waals surface area contributed by atoms with Gasteiger partial charge in [0.2, 0.25) is 10.0 Å². The molecule has 2 unspecified atom stereocenters. The van der Waals surface area contributed by atoms with E-state index in [0.717, 1.165) is 36.4 Å². The van der Waals surface area contributed by atoms with Gasteiger partial charge < -0.3 is 10.1 Å². The first kappa shape index (κ1) is 22.8. The molecular weight excluding hydrogens is 463 g/mol.